The van der Waals surface area contributed by atoms with Crippen LogP contribution < -0.4 is 5.32 Å². The highest BCUT2D eigenvalue weighted by Gasteiger charge is 2.27. The molecule has 1 aromatic carbocycles. The predicted molar refractivity (Wildman–Crippen MR) is 66.6 cm³/mol. The number of halogens is 3. The van der Waals surface area contributed by atoms with Gasteiger partial charge in [0.15, 0.2) is 0 Å². The van der Waals surface area contributed by atoms with Crippen LogP contribution in [0.3, 0.4) is 0 Å². The Morgan fingerprint density at radius 3 is 2.75 bits per heavy atom. The first-order valence-corrected chi connectivity index (χ1v) is 5.81. The van der Waals surface area contributed by atoms with Gasteiger partial charge in [-0.2, -0.15) is 18.4 Å². The highest BCUT2D eigenvalue weighted by molar-refractivity contribution is 5.78. The van der Waals surface area contributed by atoms with Crippen molar-refractivity contribution in [2.75, 3.05) is 20.1 Å². The summed E-state index contributed by atoms with van der Waals surface area (Å²) in [5.74, 6) is -0.693. The Balaban J connectivity index is 2.45. The number of alkyl halides is 3. The summed E-state index contributed by atoms with van der Waals surface area (Å²) in [6.45, 7) is -1.11. The molecule has 20 heavy (non-hydrogen) atoms. The van der Waals surface area contributed by atoms with Gasteiger partial charge in [0.2, 0.25) is 5.91 Å². The summed E-state index contributed by atoms with van der Waals surface area (Å²) in [6.07, 6.45) is -4.41. The smallest absolute Gasteiger partial charge is 0.346 e. The molecule has 0 saturated carbocycles. The summed E-state index contributed by atoms with van der Waals surface area (Å²) in [4.78, 5) is 12.9. The highest BCUT2D eigenvalue weighted by Crippen LogP contribution is 2.12. The van der Waals surface area contributed by atoms with Crippen LogP contribution in [0.5, 0.6) is 0 Å². The minimum absolute atomic E-state index is 0.146. The Bertz CT molecular complexity index is 508. The van der Waals surface area contributed by atoms with Crippen LogP contribution in [0.1, 0.15) is 11.1 Å². The minimum atomic E-state index is -4.41. The lowest BCUT2D eigenvalue weighted by molar-refractivity contribution is -0.138. The van der Waals surface area contributed by atoms with E-state index in [1.807, 2.05) is 6.07 Å². The van der Waals surface area contributed by atoms with Gasteiger partial charge in [-0.25, -0.2) is 0 Å². The third kappa shape index (κ3) is 6.20. The van der Waals surface area contributed by atoms with E-state index in [0.717, 1.165) is 5.56 Å². The largest absolute Gasteiger partial charge is 0.405 e. The van der Waals surface area contributed by atoms with Crippen molar-refractivity contribution in [3.05, 3.63) is 35.4 Å². The van der Waals surface area contributed by atoms with Crippen molar-refractivity contribution in [3.8, 4) is 6.07 Å². The molecule has 1 N–H and O–H groups in total. The van der Waals surface area contributed by atoms with E-state index < -0.39 is 18.6 Å². The molecule has 0 radical (unpaired) electrons. The average molecular weight is 285 g/mol. The Labute approximate surface area is 114 Å². The van der Waals surface area contributed by atoms with Gasteiger partial charge in [0, 0.05) is 6.54 Å². The van der Waals surface area contributed by atoms with Crippen molar-refractivity contribution < 1.29 is 18.0 Å². The van der Waals surface area contributed by atoms with Crippen LogP contribution in [0.15, 0.2) is 24.3 Å². The van der Waals surface area contributed by atoms with Gasteiger partial charge in [-0.05, 0) is 24.7 Å². The number of carbonyl (C=O) groups excluding carboxylic acids is 1. The van der Waals surface area contributed by atoms with Crippen molar-refractivity contribution in [2.45, 2.75) is 12.7 Å². The molecule has 0 aromatic heterocycles. The number of rotatable bonds is 5. The monoisotopic (exact) mass is 285 g/mol. The molecular weight excluding hydrogens is 271 g/mol. The first-order valence-electron chi connectivity index (χ1n) is 5.81. The van der Waals surface area contributed by atoms with Gasteiger partial charge in [0.25, 0.3) is 0 Å². The maximum Gasteiger partial charge on any atom is 0.405 e. The van der Waals surface area contributed by atoms with E-state index in [2.05, 4.69) is 0 Å². The van der Waals surface area contributed by atoms with Crippen LogP contribution in [0.25, 0.3) is 0 Å². The Kier molecular flexibility index (Phi) is 5.53. The summed E-state index contributed by atoms with van der Waals surface area (Å²) in [5, 5.41) is 10.6. The zero-order chi connectivity index (χ0) is 15.2. The van der Waals surface area contributed by atoms with E-state index in [0.29, 0.717) is 12.1 Å². The number of hydrogen-bond acceptors (Lipinski definition) is 3. The first-order chi connectivity index (χ1) is 9.30. The number of hydrogen-bond donors (Lipinski definition) is 1. The molecule has 0 saturated heterocycles. The molecule has 7 heteroatoms. The number of benzene rings is 1. The van der Waals surface area contributed by atoms with E-state index in [1.165, 1.54) is 0 Å². The second kappa shape index (κ2) is 6.91. The van der Waals surface area contributed by atoms with Crippen molar-refractivity contribution in [1.82, 2.24) is 10.2 Å². The fraction of sp³-hybridized carbons (Fsp3) is 0.385. The van der Waals surface area contributed by atoms with Gasteiger partial charge in [-0.3, -0.25) is 9.69 Å². The van der Waals surface area contributed by atoms with E-state index in [4.69, 9.17) is 5.26 Å². The number of nitrogens with one attached hydrogen (secondary N) is 1. The molecular formula is C13H14F3N3O. The van der Waals surface area contributed by atoms with Gasteiger partial charge < -0.3 is 5.32 Å². The van der Waals surface area contributed by atoms with Crippen LogP contribution in [0.2, 0.25) is 0 Å². The Morgan fingerprint density at radius 1 is 1.45 bits per heavy atom. The summed E-state index contributed by atoms with van der Waals surface area (Å²) in [6, 6.07) is 8.82. The van der Waals surface area contributed by atoms with E-state index >= 15 is 0 Å². The standard InChI is InChI=1S/C13H14F3N3O/c1-19(8-12(20)18-9-13(14,15)16)7-11-4-2-3-10(5-11)6-17/h2-5H,7-9H2,1H3,(H,18,20). The number of carbonyl (C=O) groups is 1. The lowest BCUT2D eigenvalue weighted by Gasteiger charge is -2.17. The van der Waals surface area contributed by atoms with Crippen LogP contribution >= 0.6 is 0 Å². The quantitative estimate of drug-likeness (QED) is 0.895. The molecule has 108 valence electrons. The van der Waals surface area contributed by atoms with Gasteiger partial charge >= 0.3 is 6.18 Å². The zero-order valence-corrected chi connectivity index (χ0v) is 10.9. The average Bonchev–Trinajstić information content (AvgIpc) is 2.35. The first kappa shape index (κ1) is 16.0. The molecule has 1 aromatic rings. The van der Waals surface area contributed by atoms with Crippen molar-refractivity contribution >= 4 is 5.91 Å². The molecule has 0 aliphatic heterocycles. The third-order valence-corrected chi connectivity index (χ3v) is 2.41. The van der Waals surface area contributed by atoms with Crippen molar-refractivity contribution in [3.63, 3.8) is 0 Å². The maximum atomic E-state index is 11.9. The second-order valence-electron chi connectivity index (χ2n) is 4.38. The van der Waals surface area contributed by atoms with E-state index in [-0.39, 0.29) is 6.54 Å². The molecule has 0 spiro atoms. The molecule has 0 fully saturated rings. The zero-order valence-electron chi connectivity index (χ0n) is 10.9. The molecule has 0 atom stereocenters. The lowest BCUT2D eigenvalue weighted by atomic mass is 10.1. The van der Waals surface area contributed by atoms with Crippen LogP contribution in [-0.2, 0) is 11.3 Å². The fourth-order valence-corrected chi connectivity index (χ4v) is 1.61. The van der Waals surface area contributed by atoms with Crippen LogP contribution in [-0.4, -0.2) is 37.1 Å². The van der Waals surface area contributed by atoms with Crippen molar-refractivity contribution in [2.24, 2.45) is 0 Å². The normalized spacial score (nSPS) is 11.2. The third-order valence-electron chi connectivity index (χ3n) is 2.41. The topological polar surface area (TPSA) is 56.1 Å². The molecule has 4 nitrogen and oxygen atoms in total. The number of likely N-dealkylation sites (N-methyl/N-ethyl adjacent to an activating group) is 1. The summed E-state index contributed by atoms with van der Waals surface area (Å²) in [5.41, 5.74) is 1.31. The maximum absolute atomic E-state index is 11.9. The number of nitrogens with zero attached hydrogens (tertiary/aromatic N) is 2. The van der Waals surface area contributed by atoms with Crippen molar-refractivity contribution in [1.29, 1.82) is 5.26 Å². The van der Waals surface area contributed by atoms with E-state index in [1.54, 1.807) is 41.5 Å². The Hall–Kier alpha value is -2.07. The highest BCUT2D eigenvalue weighted by atomic mass is 19.4. The Morgan fingerprint density at radius 2 is 2.15 bits per heavy atom. The molecule has 1 amide bonds. The molecule has 0 heterocycles. The summed E-state index contributed by atoms with van der Waals surface area (Å²) >= 11 is 0. The predicted octanol–water partition coefficient (Wildman–Crippen LogP) is 1.67. The van der Waals surface area contributed by atoms with E-state index in [9.17, 15) is 18.0 Å². The van der Waals surface area contributed by atoms with Gasteiger partial charge in [-0.15, -0.1) is 0 Å². The lowest BCUT2D eigenvalue weighted by Crippen LogP contribution is -2.39. The van der Waals surface area contributed by atoms with Crippen LogP contribution in [0.4, 0.5) is 13.2 Å². The number of amides is 1. The summed E-state index contributed by atoms with van der Waals surface area (Å²) in [7, 11) is 1.62. The molecule has 0 aliphatic carbocycles. The van der Waals surface area contributed by atoms with Gasteiger partial charge in [0.1, 0.15) is 6.54 Å². The number of nitriles is 1. The molecule has 0 bridgehead atoms. The van der Waals surface area contributed by atoms with Crippen LogP contribution in [0, 0.1) is 11.3 Å². The van der Waals surface area contributed by atoms with Gasteiger partial charge in [-0.1, -0.05) is 12.1 Å². The molecule has 0 unspecified atom stereocenters. The fourth-order valence-electron chi connectivity index (χ4n) is 1.61. The SMILES string of the molecule is CN(CC(=O)NCC(F)(F)F)Cc1cccc(C#N)c1. The molecule has 0 aliphatic rings. The second-order valence-corrected chi connectivity index (χ2v) is 4.38. The summed E-state index contributed by atoms with van der Waals surface area (Å²) < 4.78 is 35.8. The van der Waals surface area contributed by atoms with Gasteiger partial charge in [0.05, 0.1) is 18.2 Å². The molecule has 1 rings (SSSR count). The minimum Gasteiger partial charge on any atom is -0.346 e.